The second-order valence-electron chi connectivity index (χ2n) is 5.92. The largest absolute Gasteiger partial charge is 0.479 e. The van der Waals surface area contributed by atoms with Gasteiger partial charge in [-0.15, -0.1) is 0 Å². The molecule has 3 aromatic carbocycles. The molecule has 0 aliphatic heterocycles. The molecule has 0 aromatic heterocycles. The molecule has 3 rings (SSSR count). The molecule has 0 saturated carbocycles. The predicted molar refractivity (Wildman–Crippen MR) is 109 cm³/mol. The minimum atomic E-state index is -0.529. The Bertz CT molecular complexity index is 903. The van der Waals surface area contributed by atoms with Crippen molar-refractivity contribution in [2.75, 3.05) is 13.5 Å². The van der Waals surface area contributed by atoms with Crippen LogP contribution in [-0.2, 0) is 0 Å². The van der Waals surface area contributed by atoms with Gasteiger partial charge < -0.3 is 18.9 Å². The smallest absolute Gasteiger partial charge is 0.343 e. The third kappa shape index (κ3) is 5.57. The Labute approximate surface area is 172 Å². The first-order valence-electron chi connectivity index (χ1n) is 8.99. The Balaban J connectivity index is 1.57. The van der Waals surface area contributed by atoms with E-state index >= 15 is 0 Å². The Kier molecular flexibility index (Phi) is 6.99. The van der Waals surface area contributed by atoms with Crippen LogP contribution in [0.1, 0.15) is 20.7 Å². The highest BCUT2D eigenvalue weighted by Gasteiger charge is 2.11. The first-order chi connectivity index (χ1) is 14.6. The van der Waals surface area contributed by atoms with Crippen LogP contribution in [0.25, 0.3) is 0 Å². The molecule has 0 fully saturated rings. The van der Waals surface area contributed by atoms with Gasteiger partial charge in [0, 0.05) is 0 Å². The van der Waals surface area contributed by atoms with Crippen LogP contribution in [0.15, 0.2) is 72.8 Å². The summed E-state index contributed by atoms with van der Waals surface area (Å²) in [4.78, 5) is 24.4. The van der Waals surface area contributed by atoms with E-state index in [9.17, 15) is 9.59 Å². The summed E-state index contributed by atoms with van der Waals surface area (Å²) in [5.41, 5.74) is 11.3. The Morgan fingerprint density at radius 2 is 0.833 bits per heavy atom. The zero-order valence-corrected chi connectivity index (χ0v) is 15.9. The topological polar surface area (TPSA) is 123 Å². The average molecular weight is 408 g/mol. The molecule has 0 bridgehead atoms. The molecule has 0 amide bonds. The number of carbonyl (C=O) groups is 2. The Hall–Kier alpha value is -3.88. The molecule has 0 aliphatic carbocycles. The van der Waals surface area contributed by atoms with Gasteiger partial charge in [-0.3, -0.25) is 11.5 Å². The average Bonchev–Trinajstić information content (AvgIpc) is 2.76. The fourth-order valence-corrected chi connectivity index (χ4v) is 2.47. The van der Waals surface area contributed by atoms with Gasteiger partial charge in [0.05, 0.1) is 11.1 Å². The highest BCUT2D eigenvalue weighted by molar-refractivity contribution is 5.92. The van der Waals surface area contributed by atoms with Crippen molar-refractivity contribution in [1.29, 1.82) is 0 Å². The highest BCUT2D eigenvalue weighted by Crippen LogP contribution is 2.21. The Morgan fingerprint density at radius 1 is 0.533 bits per heavy atom. The molecule has 8 nitrogen and oxygen atoms in total. The van der Waals surface area contributed by atoms with Crippen LogP contribution in [0.5, 0.6) is 23.0 Å². The van der Waals surface area contributed by atoms with E-state index < -0.39 is 11.9 Å². The summed E-state index contributed by atoms with van der Waals surface area (Å²) in [5, 5.41) is 0. The number of esters is 2. The van der Waals surface area contributed by atoms with Crippen LogP contribution in [0.2, 0.25) is 0 Å². The van der Waals surface area contributed by atoms with Crippen molar-refractivity contribution in [3.05, 3.63) is 83.9 Å². The van der Waals surface area contributed by atoms with E-state index in [4.69, 9.17) is 30.4 Å². The van der Waals surface area contributed by atoms with Crippen molar-refractivity contribution in [1.82, 2.24) is 0 Å². The van der Waals surface area contributed by atoms with Crippen LogP contribution < -0.4 is 30.4 Å². The number of ether oxygens (including phenoxy) is 4. The van der Waals surface area contributed by atoms with Crippen LogP contribution in [0.3, 0.4) is 0 Å². The van der Waals surface area contributed by atoms with Gasteiger partial charge in [-0.2, -0.15) is 0 Å². The summed E-state index contributed by atoms with van der Waals surface area (Å²) in [7, 11) is 0. The lowest BCUT2D eigenvalue weighted by molar-refractivity contribution is 0.0719. The van der Waals surface area contributed by atoms with Crippen molar-refractivity contribution in [3.63, 3.8) is 0 Å². The van der Waals surface area contributed by atoms with Crippen LogP contribution >= 0.6 is 0 Å². The van der Waals surface area contributed by atoms with E-state index in [1.165, 1.54) is 24.3 Å². The lowest BCUT2D eigenvalue weighted by atomic mass is 10.2. The molecule has 154 valence electrons. The lowest BCUT2D eigenvalue weighted by Crippen LogP contribution is -2.10. The van der Waals surface area contributed by atoms with Gasteiger partial charge in [0.2, 0.25) is 0 Å². The molecule has 0 saturated heterocycles. The second kappa shape index (κ2) is 10.1. The minimum absolute atomic E-state index is 0.0503. The van der Waals surface area contributed by atoms with Crippen molar-refractivity contribution in [2.45, 2.75) is 0 Å². The summed E-state index contributed by atoms with van der Waals surface area (Å²) >= 11 is 0. The molecule has 30 heavy (non-hydrogen) atoms. The quantitative estimate of drug-likeness (QED) is 0.331. The number of carbonyl (C=O) groups excluding carboxylic acids is 2. The van der Waals surface area contributed by atoms with E-state index in [2.05, 4.69) is 0 Å². The number of nitrogens with two attached hydrogens (primary N) is 2. The maximum absolute atomic E-state index is 12.2. The highest BCUT2D eigenvalue weighted by atomic mass is 16.5. The summed E-state index contributed by atoms with van der Waals surface area (Å²) in [6.45, 7) is 0.101. The zero-order chi connectivity index (χ0) is 21.3. The van der Waals surface area contributed by atoms with E-state index in [1.54, 1.807) is 48.5 Å². The molecule has 3 aromatic rings. The van der Waals surface area contributed by atoms with Crippen molar-refractivity contribution in [3.8, 4) is 23.0 Å². The van der Waals surface area contributed by atoms with Gasteiger partial charge >= 0.3 is 11.9 Å². The standard InChI is InChI=1S/C22H20N2O6/c23-13-27-17-5-1-15(2-6-17)21(25)29-19-9-11-20(12-10-19)30-22(26)16-3-7-18(8-4-16)28-14-24/h1-12H,13-14,23-24H2. The molecular formula is C22H20N2O6. The molecule has 8 heteroatoms. The number of benzene rings is 3. The SMILES string of the molecule is NCOc1ccc(C(=O)Oc2ccc(OC(=O)c3ccc(OCN)cc3)cc2)cc1. The summed E-state index contributed by atoms with van der Waals surface area (Å²) < 4.78 is 20.9. The third-order valence-corrected chi connectivity index (χ3v) is 3.92. The van der Waals surface area contributed by atoms with E-state index in [1.807, 2.05) is 0 Å². The molecule has 0 radical (unpaired) electrons. The van der Waals surface area contributed by atoms with Crippen LogP contribution in [-0.4, -0.2) is 25.4 Å². The predicted octanol–water partition coefficient (Wildman–Crippen LogP) is 2.72. The fourth-order valence-electron chi connectivity index (χ4n) is 2.47. The van der Waals surface area contributed by atoms with Gasteiger partial charge in [-0.1, -0.05) is 0 Å². The van der Waals surface area contributed by atoms with Crippen molar-refractivity contribution < 1.29 is 28.5 Å². The van der Waals surface area contributed by atoms with Crippen molar-refractivity contribution in [2.24, 2.45) is 11.5 Å². The fraction of sp³-hybridized carbons (Fsp3) is 0.0909. The normalized spacial score (nSPS) is 10.2. The first kappa shape index (κ1) is 20.8. The lowest BCUT2D eigenvalue weighted by Gasteiger charge is -2.08. The monoisotopic (exact) mass is 408 g/mol. The summed E-state index contributed by atoms with van der Waals surface area (Å²) in [5.74, 6) is 0.678. The Morgan fingerprint density at radius 3 is 1.13 bits per heavy atom. The number of rotatable bonds is 8. The number of hydrogen-bond acceptors (Lipinski definition) is 8. The maximum atomic E-state index is 12.2. The molecular weight excluding hydrogens is 388 g/mol. The molecule has 0 spiro atoms. The number of hydrogen-bond donors (Lipinski definition) is 2. The van der Waals surface area contributed by atoms with Gasteiger partial charge in [0.25, 0.3) is 0 Å². The molecule has 0 atom stereocenters. The van der Waals surface area contributed by atoms with Gasteiger partial charge in [-0.25, -0.2) is 9.59 Å². The summed E-state index contributed by atoms with van der Waals surface area (Å²) in [6, 6.07) is 18.9. The molecule has 0 unspecified atom stereocenters. The maximum Gasteiger partial charge on any atom is 0.343 e. The van der Waals surface area contributed by atoms with Gasteiger partial charge in [0.15, 0.2) is 0 Å². The van der Waals surface area contributed by atoms with E-state index in [0.29, 0.717) is 34.1 Å². The third-order valence-electron chi connectivity index (χ3n) is 3.92. The van der Waals surface area contributed by atoms with Gasteiger partial charge in [-0.05, 0) is 72.8 Å². The van der Waals surface area contributed by atoms with Crippen molar-refractivity contribution >= 4 is 11.9 Å². The second-order valence-corrected chi connectivity index (χ2v) is 5.92. The van der Waals surface area contributed by atoms with Crippen LogP contribution in [0, 0.1) is 0 Å². The van der Waals surface area contributed by atoms with Gasteiger partial charge in [0.1, 0.15) is 36.5 Å². The molecule has 4 N–H and O–H groups in total. The molecule has 0 aliphatic rings. The van der Waals surface area contributed by atoms with Crippen LogP contribution in [0.4, 0.5) is 0 Å². The summed E-state index contributed by atoms with van der Waals surface area (Å²) in [6.07, 6.45) is 0. The van der Waals surface area contributed by atoms with E-state index in [-0.39, 0.29) is 13.5 Å². The first-order valence-corrected chi connectivity index (χ1v) is 8.99. The minimum Gasteiger partial charge on any atom is -0.479 e. The molecule has 0 heterocycles. The van der Waals surface area contributed by atoms with E-state index in [0.717, 1.165) is 0 Å². The zero-order valence-electron chi connectivity index (χ0n) is 15.9.